The Balaban J connectivity index is 0.000000342. The molecule has 0 aromatic carbocycles. The van der Waals surface area contributed by atoms with Crippen LogP contribution in [0.3, 0.4) is 0 Å². The Kier molecular flexibility index (Phi) is 10.8. The first-order valence-corrected chi connectivity index (χ1v) is 8.31. The Bertz CT molecular complexity index is 265. The van der Waals surface area contributed by atoms with Crippen LogP contribution in [0.4, 0.5) is 8.78 Å². The van der Waals surface area contributed by atoms with E-state index in [1.807, 2.05) is 13.8 Å². The summed E-state index contributed by atoms with van der Waals surface area (Å²) in [5, 5.41) is 0. The molecule has 1 saturated carbocycles. The highest BCUT2D eigenvalue weighted by atomic mass is 19.3. The summed E-state index contributed by atoms with van der Waals surface area (Å²) in [6.07, 6.45) is 5.43. The topological polar surface area (TPSA) is 46.3 Å². The van der Waals surface area contributed by atoms with Crippen molar-refractivity contribution < 1.29 is 13.6 Å². The highest BCUT2D eigenvalue weighted by molar-refractivity contribution is 5.58. The highest BCUT2D eigenvalue weighted by Gasteiger charge is 2.33. The lowest BCUT2D eigenvalue weighted by atomic mass is 9.93. The van der Waals surface area contributed by atoms with Gasteiger partial charge in [0.15, 0.2) is 0 Å². The number of halogens is 2. The van der Waals surface area contributed by atoms with Crippen LogP contribution in [0.1, 0.15) is 65.7 Å². The van der Waals surface area contributed by atoms with Crippen LogP contribution in [0.25, 0.3) is 0 Å². The molecule has 0 aromatic heterocycles. The number of likely N-dealkylation sites (tertiary alicyclic amines) is 1. The lowest BCUT2D eigenvalue weighted by Gasteiger charge is -2.25. The van der Waals surface area contributed by atoms with Crippen LogP contribution in [0.2, 0.25) is 0 Å². The van der Waals surface area contributed by atoms with Crippen molar-refractivity contribution in [3.8, 4) is 0 Å². The van der Waals surface area contributed by atoms with Gasteiger partial charge in [-0.2, -0.15) is 0 Å². The molecule has 1 heterocycles. The number of carbonyl (C=O) groups excluding carboxylic acids is 1. The zero-order valence-electron chi connectivity index (χ0n) is 13.8. The summed E-state index contributed by atoms with van der Waals surface area (Å²) in [6.45, 7) is 8.36. The fourth-order valence-corrected chi connectivity index (χ4v) is 2.63. The minimum absolute atomic E-state index is 0.0182. The smallest absolute Gasteiger partial charge is 0.248 e. The van der Waals surface area contributed by atoms with Crippen molar-refractivity contribution in [3.63, 3.8) is 0 Å². The molecular weight excluding hydrogens is 274 g/mol. The van der Waals surface area contributed by atoms with Gasteiger partial charge in [0.1, 0.15) is 6.29 Å². The predicted octanol–water partition coefficient (Wildman–Crippen LogP) is 3.61. The van der Waals surface area contributed by atoms with Gasteiger partial charge in [-0.3, -0.25) is 4.90 Å². The molecule has 2 aliphatic rings. The van der Waals surface area contributed by atoms with Gasteiger partial charge in [0, 0.05) is 18.9 Å². The number of nitrogens with two attached hydrogens (primary N) is 1. The number of carbonyl (C=O) groups is 1. The van der Waals surface area contributed by atoms with E-state index in [0.717, 1.165) is 32.2 Å². The average Bonchev–Trinajstić information content (AvgIpc) is 2.93. The Labute approximate surface area is 128 Å². The SMILES string of the molecule is CC.CCCN1CCCC1C=O.NC1CCC(F)(F)CC1. The zero-order chi connectivity index (χ0) is 16.3. The van der Waals surface area contributed by atoms with Crippen molar-refractivity contribution in [2.45, 2.75) is 83.7 Å². The maximum absolute atomic E-state index is 12.3. The van der Waals surface area contributed by atoms with Crippen LogP contribution in [-0.4, -0.2) is 42.3 Å². The Morgan fingerprint density at radius 3 is 2.24 bits per heavy atom. The number of hydrogen-bond donors (Lipinski definition) is 1. The van der Waals surface area contributed by atoms with Crippen molar-refractivity contribution in [1.29, 1.82) is 0 Å². The van der Waals surface area contributed by atoms with Crippen LogP contribution in [0.15, 0.2) is 0 Å². The van der Waals surface area contributed by atoms with E-state index in [2.05, 4.69) is 11.8 Å². The Morgan fingerprint density at radius 1 is 1.24 bits per heavy atom. The van der Waals surface area contributed by atoms with E-state index in [1.54, 1.807) is 0 Å². The van der Waals surface area contributed by atoms with E-state index in [-0.39, 0.29) is 24.9 Å². The molecule has 1 aliphatic heterocycles. The van der Waals surface area contributed by atoms with Gasteiger partial charge in [0.25, 0.3) is 0 Å². The van der Waals surface area contributed by atoms with E-state index < -0.39 is 5.92 Å². The lowest BCUT2D eigenvalue weighted by Crippen LogP contribution is -2.32. The zero-order valence-corrected chi connectivity index (χ0v) is 13.8. The molecule has 3 nitrogen and oxygen atoms in total. The molecule has 126 valence electrons. The van der Waals surface area contributed by atoms with E-state index in [1.165, 1.54) is 6.42 Å². The third-order valence-electron chi connectivity index (χ3n) is 3.84. The van der Waals surface area contributed by atoms with Gasteiger partial charge in [-0.15, -0.1) is 0 Å². The van der Waals surface area contributed by atoms with Crippen LogP contribution >= 0.6 is 0 Å². The number of rotatable bonds is 3. The quantitative estimate of drug-likeness (QED) is 0.810. The lowest BCUT2D eigenvalue weighted by molar-refractivity contribution is -0.111. The minimum Gasteiger partial charge on any atom is -0.328 e. The number of nitrogens with zero attached hydrogens (tertiary/aromatic N) is 1. The van der Waals surface area contributed by atoms with Gasteiger partial charge in [-0.1, -0.05) is 20.8 Å². The fraction of sp³-hybridized carbons (Fsp3) is 0.938. The first-order valence-electron chi connectivity index (χ1n) is 8.31. The molecule has 1 saturated heterocycles. The molecule has 1 unspecified atom stereocenters. The first-order chi connectivity index (χ1) is 9.98. The van der Waals surface area contributed by atoms with Crippen molar-refractivity contribution in [2.75, 3.05) is 13.1 Å². The van der Waals surface area contributed by atoms with E-state index in [0.29, 0.717) is 12.8 Å². The summed E-state index contributed by atoms with van der Waals surface area (Å²) >= 11 is 0. The molecule has 0 spiro atoms. The standard InChI is InChI=1S/C8H15NO.C6H11F2N.C2H6/c1-2-5-9-6-3-4-8(9)7-10;7-6(8)3-1-5(9)2-4-6;1-2/h7-8H,2-6H2,1H3;5H,1-4,9H2;1-2H3. The number of alkyl halides is 2. The monoisotopic (exact) mass is 306 g/mol. The molecule has 0 amide bonds. The predicted molar refractivity (Wildman–Crippen MR) is 83.7 cm³/mol. The molecule has 2 rings (SSSR count). The average molecular weight is 306 g/mol. The normalized spacial score (nSPS) is 25.3. The third kappa shape index (κ3) is 8.47. The molecule has 0 aromatic rings. The van der Waals surface area contributed by atoms with Gasteiger partial charge in [0.05, 0.1) is 6.04 Å². The van der Waals surface area contributed by atoms with Crippen molar-refractivity contribution in [3.05, 3.63) is 0 Å². The van der Waals surface area contributed by atoms with E-state index >= 15 is 0 Å². The van der Waals surface area contributed by atoms with E-state index in [9.17, 15) is 13.6 Å². The molecular formula is C16H32F2N2O. The molecule has 5 heteroatoms. The second kappa shape index (κ2) is 11.1. The summed E-state index contributed by atoms with van der Waals surface area (Å²) < 4.78 is 24.6. The van der Waals surface area contributed by atoms with Gasteiger partial charge in [0.2, 0.25) is 5.92 Å². The minimum atomic E-state index is -2.42. The third-order valence-corrected chi connectivity index (χ3v) is 3.84. The second-order valence-corrected chi connectivity index (χ2v) is 5.58. The highest BCUT2D eigenvalue weighted by Crippen LogP contribution is 2.31. The molecule has 0 radical (unpaired) electrons. The maximum Gasteiger partial charge on any atom is 0.248 e. The Morgan fingerprint density at radius 2 is 1.81 bits per heavy atom. The van der Waals surface area contributed by atoms with Crippen LogP contribution in [0, 0.1) is 0 Å². The molecule has 21 heavy (non-hydrogen) atoms. The number of hydrogen-bond acceptors (Lipinski definition) is 3. The summed E-state index contributed by atoms with van der Waals surface area (Å²) in [5.74, 6) is -2.42. The molecule has 0 bridgehead atoms. The summed E-state index contributed by atoms with van der Waals surface area (Å²) in [7, 11) is 0. The summed E-state index contributed by atoms with van der Waals surface area (Å²) in [5.41, 5.74) is 5.42. The Hall–Kier alpha value is -0.550. The van der Waals surface area contributed by atoms with Crippen LogP contribution in [0.5, 0.6) is 0 Å². The maximum atomic E-state index is 12.3. The van der Waals surface area contributed by atoms with Gasteiger partial charge in [-0.05, 0) is 45.2 Å². The summed E-state index contributed by atoms with van der Waals surface area (Å²) in [6, 6.07) is 0.254. The van der Waals surface area contributed by atoms with Gasteiger partial charge < -0.3 is 10.5 Å². The summed E-state index contributed by atoms with van der Waals surface area (Å²) in [4.78, 5) is 12.7. The molecule has 1 aliphatic carbocycles. The van der Waals surface area contributed by atoms with Crippen LogP contribution in [-0.2, 0) is 4.79 Å². The van der Waals surface area contributed by atoms with Crippen molar-refractivity contribution in [1.82, 2.24) is 4.90 Å². The van der Waals surface area contributed by atoms with Crippen molar-refractivity contribution in [2.24, 2.45) is 5.73 Å². The number of aldehydes is 1. The fourth-order valence-electron chi connectivity index (χ4n) is 2.63. The molecule has 2 fully saturated rings. The second-order valence-electron chi connectivity index (χ2n) is 5.58. The van der Waals surface area contributed by atoms with Gasteiger partial charge >= 0.3 is 0 Å². The van der Waals surface area contributed by atoms with E-state index in [4.69, 9.17) is 5.73 Å². The van der Waals surface area contributed by atoms with Crippen molar-refractivity contribution >= 4 is 6.29 Å². The van der Waals surface area contributed by atoms with Gasteiger partial charge in [-0.25, -0.2) is 8.78 Å². The first kappa shape index (κ1) is 20.5. The van der Waals surface area contributed by atoms with Crippen LogP contribution < -0.4 is 5.73 Å². The molecule has 1 atom stereocenters. The largest absolute Gasteiger partial charge is 0.328 e. The molecule has 2 N–H and O–H groups in total.